The van der Waals surface area contributed by atoms with E-state index in [1.165, 1.54) is 6.42 Å². The van der Waals surface area contributed by atoms with Crippen LogP contribution in [0.25, 0.3) is 11.0 Å². The van der Waals surface area contributed by atoms with Gasteiger partial charge < -0.3 is 15.0 Å². The molecule has 4 aliphatic rings. The minimum atomic E-state index is 0.00253. The van der Waals surface area contributed by atoms with Crippen molar-refractivity contribution in [1.82, 2.24) is 20.2 Å². The number of imidazole rings is 1. The summed E-state index contributed by atoms with van der Waals surface area (Å²) in [7, 11) is 0. The average molecular weight is 380 g/mol. The lowest BCUT2D eigenvalue weighted by Gasteiger charge is -2.31. The first-order valence-corrected chi connectivity index (χ1v) is 10.8. The summed E-state index contributed by atoms with van der Waals surface area (Å²) in [5, 5.41) is 3.25. The van der Waals surface area contributed by atoms with E-state index in [1.54, 1.807) is 0 Å². The first-order chi connectivity index (χ1) is 13.7. The van der Waals surface area contributed by atoms with Crippen LogP contribution in [0.1, 0.15) is 37.9 Å². The summed E-state index contributed by atoms with van der Waals surface area (Å²) in [6, 6.07) is 8.20. The lowest BCUT2D eigenvalue weighted by Crippen LogP contribution is -2.44. The van der Waals surface area contributed by atoms with E-state index in [0.717, 1.165) is 68.7 Å². The fraction of sp³-hybridized carbons (Fsp3) is 0.636. The quantitative estimate of drug-likeness (QED) is 0.836. The van der Waals surface area contributed by atoms with Gasteiger partial charge in [-0.2, -0.15) is 0 Å². The maximum atomic E-state index is 12.3. The monoisotopic (exact) mass is 380 g/mol. The van der Waals surface area contributed by atoms with Crippen molar-refractivity contribution < 1.29 is 9.53 Å². The van der Waals surface area contributed by atoms with E-state index in [4.69, 9.17) is 9.72 Å². The number of para-hydroxylation sites is 2. The third-order valence-electron chi connectivity index (χ3n) is 7.65. The molecule has 4 atom stereocenters. The number of fused-ring (bicyclic) bond motifs is 2. The SMILES string of the molecule is O=C(NC[C@H]1[C@H]2CN(Cc3nc4ccccc4[nH]3)C[C@]23CC[C@H]1O3)C1CCC1. The van der Waals surface area contributed by atoms with Gasteiger partial charge in [0.25, 0.3) is 0 Å². The van der Waals surface area contributed by atoms with Gasteiger partial charge in [0.05, 0.1) is 29.3 Å². The Morgan fingerprint density at radius 1 is 1.32 bits per heavy atom. The molecule has 1 aromatic heterocycles. The molecular formula is C22H28N4O2. The summed E-state index contributed by atoms with van der Waals surface area (Å²) in [5.74, 6) is 2.54. The van der Waals surface area contributed by atoms with E-state index in [1.807, 2.05) is 12.1 Å². The van der Waals surface area contributed by atoms with Gasteiger partial charge in [-0.05, 0) is 37.8 Å². The Labute approximate surface area is 165 Å². The Kier molecular flexibility index (Phi) is 3.82. The van der Waals surface area contributed by atoms with Gasteiger partial charge in [-0.25, -0.2) is 4.98 Å². The molecule has 0 radical (unpaired) electrons. The predicted octanol–water partition coefficient (Wildman–Crippen LogP) is 2.46. The van der Waals surface area contributed by atoms with Gasteiger partial charge in [0.1, 0.15) is 5.82 Å². The van der Waals surface area contributed by atoms with E-state index in [2.05, 4.69) is 27.3 Å². The molecule has 1 saturated carbocycles. The number of aromatic nitrogens is 2. The van der Waals surface area contributed by atoms with Gasteiger partial charge in [0.15, 0.2) is 0 Å². The van der Waals surface area contributed by atoms with Gasteiger partial charge in [-0.1, -0.05) is 18.6 Å². The Morgan fingerprint density at radius 3 is 3.04 bits per heavy atom. The minimum absolute atomic E-state index is 0.00253. The number of benzene rings is 1. The number of amides is 1. The van der Waals surface area contributed by atoms with E-state index in [-0.39, 0.29) is 17.4 Å². The predicted molar refractivity (Wildman–Crippen MR) is 106 cm³/mol. The molecule has 1 aliphatic carbocycles. The van der Waals surface area contributed by atoms with Crippen molar-refractivity contribution in [3.8, 4) is 0 Å². The second-order valence-electron chi connectivity index (χ2n) is 9.27. The highest BCUT2D eigenvalue weighted by Crippen LogP contribution is 2.54. The third kappa shape index (κ3) is 2.61. The smallest absolute Gasteiger partial charge is 0.223 e. The highest BCUT2D eigenvalue weighted by Gasteiger charge is 2.62. The molecule has 3 aliphatic heterocycles. The topological polar surface area (TPSA) is 70.2 Å². The summed E-state index contributed by atoms with van der Waals surface area (Å²) in [5.41, 5.74) is 2.13. The van der Waals surface area contributed by atoms with Crippen LogP contribution in [0.5, 0.6) is 0 Å². The van der Waals surface area contributed by atoms with Crippen LogP contribution < -0.4 is 5.32 Å². The molecule has 4 heterocycles. The van der Waals surface area contributed by atoms with Crippen LogP contribution in [-0.4, -0.2) is 52.1 Å². The fourth-order valence-electron chi connectivity index (χ4n) is 6.01. The maximum Gasteiger partial charge on any atom is 0.223 e. The molecule has 0 unspecified atom stereocenters. The standard InChI is InChI=1S/C22H28N4O2/c27-21(14-4-3-5-14)23-10-15-16-11-26(13-22(16)9-8-19(15)28-22)12-20-24-17-6-1-2-7-18(17)25-20/h1-2,6-7,14-16,19H,3-5,8-13H2,(H,23,27)(H,24,25)/t15-,16+,19+,22+/m0/s1. The van der Waals surface area contributed by atoms with E-state index in [9.17, 15) is 4.79 Å². The molecule has 6 rings (SSSR count). The molecule has 1 amide bonds. The van der Waals surface area contributed by atoms with Crippen LogP contribution in [-0.2, 0) is 16.1 Å². The van der Waals surface area contributed by atoms with Crippen molar-refractivity contribution in [3.05, 3.63) is 30.1 Å². The van der Waals surface area contributed by atoms with Crippen LogP contribution in [0.3, 0.4) is 0 Å². The number of nitrogens with zero attached hydrogens (tertiary/aromatic N) is 2. The summed E-state index contributed by atoms with van der Waals surface area (Å²) < 4.78 is 6.53. The maximum absolute atomic E-state index is 12.3. The highest BCUT2D eigenvalue weighted by atomic mass is 16.5. The molecular weight excluding hydrogens is 352 g/mol. The van der Waals surface area contributed by atoms with Crippen molar-refractivity contribution in [2.75, 3.05) is 19.6 Å². The summed E-state index contributed by atoms with van der Waals surface area (Å²) in [6.45, 7) is 3.64. The molecule has 6 nitrogen and oxygen atoms in total. The molecule has 3 saturated heterocycles. The number of rotatable bonds is 5. The number of H-pyrrole nitrogens is 1. The molecule has 2 bridgehead atoms. The number of hydrogen-bond donors (Lipinski definition) is 2. The van der Waals surface area contributed by atoms with Crippen LogP contribution in [0.2, 0.25) is 0 Å². The van der Waals surface area contributed by atoms with Crippen molar-refractivity contribution in [2.24, 2.45) is 17.8 Å². The van der Waals surface area contributed by atoms with Crippen LogP contribution in [0.15, 0.2) is 24.3 Å². The summed E-state index contributed by atoms with van der Waals surface area (Å²) >= 11 is 0. The number of aromatic amines is 1. The molecule has 2 aromatic rings. The van der Waals surface area contributed by atoms with Crippen LogP contribution in [0.4, 0.5) is 0 Å². The zero-order valence-corrected chi connectivity index (χ0v) is 16.2. The third-order valence-corrected chi connectivity index (χ3v) is 7.65. The van der Waals surface area contributed by atoms with Crippen molar-refractivity contribution >= 4 is 16.9 Å². The zero-order chi connectivity index (χ0) is 18.7. The number of carbonyl (C=O) groups is 1. The molecule has 1 spiro atoms. The molecule has 6 heteroatoms. The van der Waals surface area contributed by atoms with Crippen LogP contribution in [0, 0.1) is 17.8 Å². The largest absolute Gasteiger partial charge is 0.370 e. The lowest BCUT2D eigenvalue weighted by atomic mass is 9.73. The Bertz CT molecular complexity index is 874. The van der Waals surface area contributed by atoms with Gasteiger partial charge in [0.2, 0.25) is 5.91 Å². The molecule has 2 N–H and O–H groups in total. The number of nitrogens with one attached hydrogen (secondary N) is 2. The lowest BCUT2D eigenvalue weighted by molar-refractivity contribution is -0.127. The minimum Gasteiger partial charge on any atom is -0.370 e. The first-order valence-electron chi connectivity index (χ1n) is 10.8. The van der Waals surface area contributed by atoms with E-state index in [0.29, 0.717) is 17.9 Å². The fourth-order valence-corrected chi connectivity index (χ4v) is 6.01. The van der Waals surface area contributed by atoms with Gasteiger partial charge in [-0.3, -0.25) is 9.69 Å². The molecule has 148 valence electrons. The number of carbonyl (C=O) groups excluding carboxylic acids is 1. The van der Waals surface area contributed by atoms with Crippen LogP contribution >= 0.6 is 0 Å². The second-order valence-corrected chi connectivity index (χ2v) is 9.27. The normalized spacial score (nSPS) is 34.6. The summed E-state index contributed by atoms with van der Waals surface area (Å²) in [4.78, 5) is 23.0. The zero-order valence-electron chi connectivity index (χ0n) is 16.2. The van der Waals surface area contributed by atoms with Crippen molar-refractivity contribution in [2.45, 2.75) is 50.4 Å². The molecule has 4 fully saturated rings. The Hall–Kier alpha value is -1.92. The van der Waals surface area contributed by atoms with Gasteiger partial charge in [-0.15, -0.1) is 0 Å². The number of ether oxygens (including phenoxy) is 1. The van der Waals surface area contributed by atoms with E-state index < -0.39 is 0 Å². The number of hydrogen-bond acceptors (Lipinski definition) is 4. The van der Waals surface area contributed by atoms with Crippen molar-refractivity contribution in [3.63, 3.8) is 0 Å². The van der Waals surface area contributed by atoms with Crippen molar-refractivity contribution in [1.29, 1.82) is 0 Å². The second kappa shape index (κ2) is 6.29. The Morgan fingerprint density at radius 2 is 2.21 bits per heavy atom. The molecule has 28 heavy (non-hydrogen) atoms. The Balaban J connectivity index is 1.14. The summed E-state index contributed by atoms with van der Waals surface area (Å²) in [6.07, 6.45) is 5.96. The van der Waals surface area contributed by atoms with Gasteiger partial charge >= 0.3 is 0 Å². The van der Waals surface area contributed by atoms with E-state index >= 15 is 0 Å². The highest BCUT2D eigenvalue weighted by molar-refractivity contribution is 5.79. The number of likely N-dealkylation sites (tertiary alicyclic amines) is 1. The molecule has 1 aromatic carbocycles. The first kappa shape index (κ1) is 17.0. The average Bonchev–Trinajstić information content (AvgIpc) is 3.36. The van der Waals surface area contributed by atoms with Gasteiger partial charge in [0, 0.05) is 37.4 Å².